The first kappa shape index (κ1) is 12.5. The van der Waals surface area contributed by atoms with E-state index < -0.39 is 10.0 Å². The number of nitrogens with two attached hydrogens (primary N) is 1. The number of aromatic nitrogens is 3. The van der Waals surface area contributed by atoms with E-state index in [9.17, 15) is 8.42 Å². The molecule has 0 spiro atoms. The molecule has 0 saturated carbocycles. The summed E-state index contributed by atoms with van der Waals surface area (Å²) in [4.78, 5) is 3.81. The number of hydrogen-bond acceptors (Lipinski definition) is 5. The van der Waals surface area contributed by atoms with Crippen LogP contribution in [-0.2, 0) is 10.0 Å². The van der Waals surface area contributed by atoms with Crippen LogP contribution in [0.2, 0.25) is 0 Å². The summed E-state index contributed by atoms with van der Waals surface area (Å²) >= 11 is 0. The third-order valence-corrected chi connectivity index (χ3v) is 2.88. The highest BCUT2D eigenvalue weighted by Gasteiger charge is 2.14. The summed E-state index contributed by atoms with van der Waals surface area (Å²) in [7, 11) is -3.86. The zero-order valence-electron chi connectivity index (χ0n) is 9.62. The molecule has 8 heteroatoms. The monoisotopic (exact) mass is 268 g/mol. The smallest absolute Gasteiger partial charge is 0.273 e. The molecule has 2 rings (SSSR count). The van der Waals surface area contributed by atoms with Crippen LogP contribution in [0.25, 0.3) is 11.4 Å². The molecule has 0 radical (unpaired) electrons. The lowest BCUT2D eigenvalue weighted by molar-refractivity contribution is 0.340. The second-order valence-corrected chi connectivity index (χ2v) is 4.94. The third-order valence-electron chi connectivity index (χ3n) is 2.16. The zero-order valence-corrected chi connectivity index (χ0v) is 10.4. The summed E-state index contributed by atoms with van der Waals surface area (Å²) in [5.74, 6) is 0.991. The lowest BCUT2D eigenvalue weighted by Crippen LogP contribution is -2.13. The second-order valence-electron chi connectivity index (χ2n) is 3.47. The Balaban J connectivity index is 2.29. The number of primary sulfonamides is 1. The topological polar surface area (TPSA) is 111 Å². The Hall–Kier alpha value is -1.93. The predicted molar refractivity (Wildman–Crippen MR) is 64.4 cm³/mol. The average molecular weight is 268 g/mol. The van der Waals surface area contributed by atoms with Crippen LogP contribution in [0.4, 0.5) is 0 Å². The molecule has 0 aliphatic carbocycles. The lowest BCUT2D eigenvalue weighted by Gasteiger charge is -2.02. The van der Waals surface area contributed by atoms with Crippen molar-refractivity contribution in [1.82, 2.24) is 15.2 Å². The molecule has 0 fully saturated rings. The minimum absolute atomic E-state index is 0.266. The van der Waals surface area contributed by atoms with Gasteiger partial charge in [-0.15, -0.1) is 0 Å². The van der Waals surface area contributed by atoms with E-state index in [1.165, 1.54) is 0 Å². The Labute approximate surface area is 104 Å². The van der Waals surface area contributed by atoms with Gasteiger partial charge >= 0.3 is 0 Å². The molecule has 96 valence electrons. The van der Waals surface area contributed by atoms with Crippen LogP contribution in [-0.4, -0.2) is 30.2 Å². The van der Waals surface area contributed by atoms with Crippen molar-refractivity contribution in [3.05, 3.63) is 24.3 Å². The summed E-state index contributed by atoms with van der Waals surface area (Å²) in [6.07, 6.45) is 0. The highest BCUT2D eigenvalue weighted by atomic mass is 32.2. The van der Waals surface area contributed by atoms with Crippen LogP contribution >= 0.6 is 0 Å². The van der Waals surface area contributed by atoms with E-state index in [1.54, 1.807) is 24.3 Å². The Bertz CT molecular complexity index is 633. The third kappa shape index (κ3) is 2.66. The van der Waals surface area contributed by atoms with Gasteiger partial charge in [0.05, 0.1) is 6.61 Å². The molecular formula is C10H12N4O3S. The second kappa shape index (κ2) is 4.75. The minimum atomic E-state index is -3.86. The number of nitrogens with zero attached hydrogens (tertiary/aromatic N) is 2. The number of benzene rings is 1. The van der Waals surface area contributed by atoms with Crippen molar-refractivity contribution in [2.75, 3.05) is 6.61 Å². The summed E-state index contributed by atoms with van der Waals surface area (Å²) < 4.78 is 27.4. The van der Waals surface area contributed by atoms with E-state index in [0.29, 0.717) is 12.2 Å². The van der Waals surface area contributed by atoms with E-state index in [4.69, 9.17) is 9.88 Å². The molecule has 0 aliphatic heterocycles. The first-order valence-electron chi connectivity index (χ1n) is 5.19. The lowest BCUT2D eigenvalue weighted by atomic mass is 10.2. The quantitative estimate of drug-likeness (QED) is 0.839. The number of rotatable bonds is 4. The van der Waals surface area contributed by atoms with Crippen molar-refractivity contribution in [1.29, 1.82) is 0 Å². The molecule has 1 aromatic heterocycles. The zero-order chi connectivity index (χ0) is 13.2. The van der Waals surface area contributed by atoms with Gasteiger partial charge in [-0.1, -0.05) is 0 Å². The van der Waals surface area contributed by atoms with Crippen molar-refractivity contribution in [2.24, 2.45) is 5.14 Å². The molecule has 0 bridgehead atoms. The molecule has 0 saturated heterocycles. The Morgan fingerprint density at radius 1 is 1.33 bits per heavy atom. The summed E-state index contributed by atoms with van der Waals surface area (Å²) in [5.41, 5.74) is 0.671. The molecule has 1 heterocycles. The van der Waals surface area contributed by atoms with Crippen LogP contribution in [0, 0.1) is 0 Å². The van der Waals surface area contributed by atoms with Gasteiger partial charge in [-0.05, 0) is 31.2 Å². The van der Waals surface area contributed by atoms with E-state index >= 15 is 0 Å². The number of hydrogen-bond donors (Lipinski definition) is 2. The number of aromatic amines is 1. The molecule has 0 atom stereocenters. The largest absolute Gasteiger partial charge is 0.494 e. The Morgan fingerprint density at radius 2 is 2.00 bits per heavy atom. The highest BCUT2D eigenvalue weighted by Crippen LogP contribution is 2.19. The van der Waals surface area contributed by atoms with Gasteiger partial charge in [0.1, 0.15) is 5.75 Å². The molecule has 1 aromatic carbocycles. The molecule has 18 heavy (non-hydrogen) atoms. The SMILES string of the molecule is CCOc1ccc(-c2n[nH]c(S(N)(=O)=O)n2)cc1. The van der Waals surface area contributed by atoms with Crippen LogP contribution in [0.3, 0.4) is 0 Å². The summed E-state index contributed by atoms with van der Waals surface area (Å²) in [5, 5.41) is 10.6. The molecule has 0 aliphatic rings. The van der Waals surface area contributed by atoms with Crippen LogP contribution in [0.5, 0.6) is 5.75 Å². The van der Waals surface area contributed by atoms with Crippen molar-refractivity contribution in [2.45, 2.75) is 12.1 Å². The molecule has 0 amide bonds. The number of ether oxygens (including phenoxy) is 1. The van der Waals surface area contributed by atoms with Gasteiger partial charge in [0, 0.05) is 5.56 Å². The van der Waals surface area contributed by atoms with Gasteiger partial charge in [-0.3, -0.25) is 0 Å². The average Bonchev–Trinajstić information content (AvgIpc) is 2.79. The molecule has 3 N–H and O–H groups in total. The van der Waals surface area contributed by atoms with E-state index in [1.807, 2.05) is 6.92 Å². The van der Waals surface area contributed by atoms with Crippen LogP contribution in [0.1, 0.15) is 6.92 Å². The van der Waals surface area contributed by atoms with E-state index in [2.05, 4.69) is 15.2 Å². The van der Waals surface area contributed by atoms with Gasteiger partial charge in [-0.25, -0.2) is 18.7 Å². The van der Waals surface area contributed by atoms with Crippen LogP contribution < -0.4 is 9.88 Å². The van der Waals surface area contributed by atoms with Gasteiger partial charge < -0.3 is 4.74 Å². The molecule has 7 nitrogen and oxygen atoms in total. The maximum absolute atomic E-state index is 11.0. The van der Waals surface area contributed by atoms with Gasteiger partial charge in [0.2, 0.25) is 0 Å². The summed E-state index contributed by atoms with van der Waals surface area (Å²) in [6, 6.07) is 6.99. The number of sulfonamides is 1. The van der Waals surface area contributed by atoms with Gasteiger partial charge in [0.15, 0.2) is 5.82 Å². The molecular weight excluding hydrogens is 256 g/mol. The number of H-pyrrole nitrogens is 1. The predicted octanol–water partition coefficient (Wildman–Crippen LogP) is 0.518. The Morgan fingerprint density at radius 3 is 2.50 bits per heavy atom. The maximum Gasteiger partial charge on any atom is 0.273 e. The normalized spacial score (nSPS) is 11.4. The van der Waals surface area contributed by atoms with E-state index in [-0.39, 0.29) is 11.0 Å². The first-order chi connectivity index (χ1) is 8.50. The fraction of sp³-hybridized carbons (Fsp3) is 0.200. The first-order valence-corrected chi connectivity index (χ1v) is 6.74. The van der Waals surface area contributed by atoms with Crippen molar-refractivity contribution in [3.63, 3.8) is 0 Å². The van der Waals surface area contributed by atoms with Crippen LogP contribution in [0.15, 0.2) is 29.4 Å². The fourth-order valence-electron chi connectivity index (χ4n) is 1.37. The minimum Gasteiger partial charge on any atom is -0.494 e. The highest BCUT2D eigenvalue weighted by molar-refractivity contribution is 7.89. The van der Waals surface area contributed by atoms with Gasteiger partial charge in [-0.2, -0.15) is 10.1 Å². The van der Waals surface area contributed by atoms with Crippen molar-refractivity contribution in [3.8, 4) is 17.1 Å². The van der Waals surface area contributed by atoms with Crippen molar-refractivity contribution >= 4 is 10.0 Å². The van der Waals surface area contributed by atoms with Gasteiger partial charge in [0.25, 0.3) is 15.2 Å². The Kier molecular flexibility index (Phi) is 3.30. The van der Waals surface area contributed by atoms with E-state index in [0.717, 1.165) is 5.75 Å². The number of nitrogens with one attached hydrogen (secondary N) is 1. The maximum atomic E-state index is 11.0. The standard InChI is InChI=1S/C10H12N4O3S/c1-2-17-8-5-3-7(4-6-8)9-12-10(14-13-9)18(11,15)16/h3-6H,2H2,1H3,(H2,11,15,16)(H,12,13,14). The van der Waals surface area contributed by atoms with Crippen molar-refractivity contribution < 1.29 is 13.2 Å². The summed E-state index contributed by atoms with van der Waals surface area (Å²) in [6.45, 7) is 2.47. The molecule has 2 aromatic rings. The fourth-order valence-corrected chi connectivity index (χ4v) is 1.76. The molecule has 0 unspecified atom stereocenters.